The fraction of sp³-hybridized carbons (Fsp3) is 0.0769. The molecule has 1 aromatic heterocycles. The Kier molecular flexibility index (Phi) is 2.93. The maximum Gasteiger partial charge on any atom is 0.220 e. The Balaban J connectivity index is 2.25. The molecule has 84 valence electrons. The molecule has 1 aromatic carbocycles. The van der Waals surface area contributed by atoms with Gasteiger partial charge >= 0.3 is 0 Å². The minimum absolute atomic E-state index is 0.397. The molecule has 0 aliphatic heterocycles. The lowest BCUT2D eigenvalue weighted by Gasteiger charge is -2.06. The third-order valence-electron chi connectivity index (χ3n) is 2.33. The van der Waals surface area contributed by atoms with Gasteiger partial charge in [0.15, 0.2) is 0 Å². The number of anilines is 1. The van der Waals surface area contributed by atoms with Gasteiger partial charge in [0.1, 0.15) is 5.75 Å². The second-order valence-electron chi connectivity index (χ2n) is 3.62. The Morgan fingerprint density at radius 3 is 2.82 bits per heavy atom. The fourth-order valence-electron chi connectivity index (χ4n) is 1.37. The molecule has 2 N–H and O–H groups in total. The molecule has 0 amide bonds. The maximum absolute atomic E-state index is 8.76. The average Bonchev–Trinajstić information content (AvgIpc) is 2.34. The molecule has 0 radical (unpaired) electrons. The summed E-state index contributed by atoms with van der Waals surface area (Å²) >= 11 is 0. The van der Waals surface area contributed by atoms with Crippen molar-refractivity contribution < 1.29 is 4.74 Å². The van der Waals surface area contributed by atoms with Crippen molar-refractivity contribution in [3.05, 3.63) is 47.7 Å². The Labute approximate surface area is 99.3 Å². The zero-order valence-electron chi connectivity index (χ0n) is 9.34. The number of hydrogen-bond donors (Lipinski definition) is 1. The summed E-state index contributed by atoms with van der Waals surface area (Å²) in [6.07, 6.45) is 1.54. The standard InChI is InChI=1S/C13H11N3O/c1-9-6-11(2-3-12(9)15)17-13-7-10(8-14)4-5-16-13/h2-7H,15H2,1H3. The number of nitriles is 1. The summed E-state index contributed by atoms with van der Waals surface area (Å²) in [6, 6.07) is 10.6. The van der Waals surface area contributed by atoms with E-state index in [1.54, 1.807) is 24.3 Å². The molecular formula is C13H11N3O. The van der Waals surface area contributed by atoms with Crippen molar-refractivity contribution in [2.75, 3.05) is 5.73 Å². The number of hydrogen-bond acceptors (Lipinski definition) is 4. The number of rotatable bonds is 2. The minimum atomic E-state index is 0.397. The Morgan fingerprint density at radius 1 is 1.29 bits per heavy atom. The molecular weight excluding hydrogens is 214 g/mol. The van der Waals surface area contributed by atoms with Crippen LogP contribution in [0.5, 0.6) is 11.6 Å². The van der Waals surface area contributed by atoms with Gasteiger partial charge in [0, 0.05) is 18.0 Å². The van der Waals surface area contributed by atoms with Gasteiger partial charge in [-0.25, -0.2) is 4.98 Å². The van der Waals surface area contributed by atoms with Crippen molar-refractivity contribution in [3.63, 3.8) is 0 Å². The van der Waals surface area contributed by atoms with E-state index in [4.69, 9.17) is 15.7 Å². The first kappa shape index (κ1) is 11.0. The molecule has 0 saturated carbocycles. The molecule has 0 aliphatic rings. The van der Waals surface area contributed by atoms with Crippen LogP contribution in [0.3, 0.4) is 0 Å². The largest absolute Gasteiger partial charge is 0.439 e. The molecule has 0 aliphatic carbocycles. The Hall–Kier alpha value is -2.54. The average molecular weight is 225 g/mol. The van der Waals surface area contributed by atoms with Gasteiger partial charge < -0.3 is 10.5 Å². The highest BCUT2D eigenvalue weighted by Crippen LogP contribution is 2.23. The predicted molar refractivity (Wildman–Crippen MR) is 64.6 cm³/mol. The van der Waals surface area contributed by atoms with E-state index in [1.807, 2.05) is 19.1 Å². The normalized spacial score (nSPS) is 9.65. The number of aromatic nitrogens is 1. The number of ether oxygens (including phenoxy) is 1. The zero-order chi connectivity index (χ0) is 12.3. The maximum atomic E-state index is 8.76. The van der Waals surface area contributed by atoms with Gasteiger partial charge in [-0.1, -0.05) is 0 Å². The van der Waals surface area contributed by atoms with E-state index in [0.717, 1.165) is 11.3 Å². The van der Waals surface area contributed by atoms with Crippen LogP contribution in [0.15, 0.2) is 36.5 Å². The second-order valence-corrected chi connectivity index (χ2v) is 3.62. The van der Waals surface area contributed by atoms with Gasteiger partial charge in [-0.05, 0) is 36.8 Å². The van der Waals surface area contributed by atoms with Crippen LogP contribution >= 0.6 is 0 Å². The summed E-state index contributed by atoms with van der Waals surface area (Å²) < 4.78 is 5.54. The number of nitrogens with two attached hydrogens (primary N) is 1. The highest BCUT2D eigenvalue weighted by Gasteiger charge is 2.01. The lowest BCUT2D eigenvalue weighted by molar-refractivity contribution is 0.462. The highest BCUT2D eigenvalue weighted by atomic mass is 16.5. The van der Waals surface area contributed by atoms with Crippen molar-refractivity contribution in [2.45, 2.75) is 6.92 Å². The van der Waals surface area contributed by atoms with Crippen LogP contribution < -0.4 is 10.5 Å². The molecule has 0 spiro atoms. The number of pyridine rings is 1. The second kappa shape index (κ2) is 4.54. The molecule has 0 unspecified atom stereocenters. The van der Waals surface area contributed by atoms with Crippen LogP contribution in [0, 0.1) is 18.3 Å². The molecule has 2 rings (SSSR count). The van der Waals surface area contributed by atoms with Crippen LogP contribution in [-0.2, 0) is 0 Å². The van der Waals surface area contributed by atoms with Crippen LogP contribution in [0.25, 0.3) is 0 Å². The topological polar surface area (TPSA) is 71.9 Å². The first-order chi connectivity index (χ1) is 8.19. The number of aryl methyl sites for hydroxylation is 1. The van der Waals surface area contributed by atoms with Gasteiger partial charge in [-0.3, -0.25) is 0 Å². The molecule has 0 saturated heterocycles. The van der Waals surface area contributed by atoms with Crippen LogP contribution in [0.2, 0.25) is 0 Å². The summed E-state index contributed by atoms with van der Waals surface area (Å²) in [5, 5.41) is 8.76. The van der Waals surface area contributed by atoms with Crippen LogP contribution in [0.1, 0.15) is 11.1 Å². The van der Waals surface area contributed by atoms with E-state index >= 15 is 0 Å². The predicted octanol–water partition coefficient (Wildman–Crippen LogP) is 2.64. The molecule has 0 fully saturated rings. The molecule has 0 bridgehead atoms. The lowest BCUT2D eigenvalue weighted by atomic mass is 10.2. The van der Waals surface area contributed by atoms with Crippen molar-refractivity contribution >= 4 is 5.69 Å². The zero-order valence-corrected chi connectivity index (χ0v) is 9.34. The molecule has 2 aromatic rings. The smallest absolute Gasteiger partial charge is 0.220 e. The number of nitrogen functional groups attached to an aromatic ring is 1. The van der Waals surface area contributed by atoms with Crippen molar-refractivity contribution in [2.24, 2.45) is 0 Å². The lowest BCUT2D eigenvalue weighted by Crippen LogP contribution is -1.92. The summed E-state index contributed by atoms with van der Waals surface area (Å²) in [5.74, 6) is 1.05. The van der Waals surface area contributed by atoms with E-state index in [1.165, 1.54) is 6.20 Å². The Morgan fingerprint density at radius 2 is 2.12 bits per heavy atom. The van der Waals surface area contributed by atoms with Gasteiger partial charge in [-0.15, -0.1) is 0 Å². The highest BCUT2D eigenvalue weighted by molar-refractivity contribution is 5.50. The molecule has 4 heteroatoms. The Bertz CT molecular complexity index is 587. The SMILES string of the molecule is Cc1cc(Oc2cc(C#N)ccn2)ccc1N. The molecule has 0 atom stereocenters. The third-order valence-corrected chi connectivity index (χ3v) is 2.33. The summed E-state index contributed by atoms with van der Waals surface area (Å²) in [5.41, 5.74) is 7.89. The van der Waals surface area contributed by atoms with Gasteiger partial charge in [-0.2, -0.15) is 5.26 Å². The summed E-state index contributed by atoms with van der Waals surface area (Å²) in [7, 11) is 0. The van der Waals surface area contributed by atoms with Gasteiger partial charge in [0.2, 0.25) is 5.88 Å². The van der Waals surface area contributed by atoms with E-state index in [0.29, 0.717) is 17.2 Å². The van der Waals surface area contributed by atoms with Crippen molar-refractivity contribution in [3.8, 4) is 17.7 Å². The van der Waals surface area contributed by atoms with Crippen LogP contribution in [0.4, 0.5) is 5.69 Å². The molecule has 17 heavy (non-hydrogen) atoms. The molecule has 4 nitrogen and oxygen atoms in total. The summed E-state index contributed by atoms with van der Waals surface area (Å²) in [4.78, 5) is 4.03. The van der Waals surface area contributed by atoms with E-state index < -0.39 is 0 Å². The van der Waals surface area contributed by atoms with Gasteiger partial charge in [0.25, 0.3) is 0 Å². The van der Waals surface area contributed by atoms with Crippen molar-refractivity contribution in [1.82, 2.24) is 4.98 Å². The minimum Gasteiger partial charge on any atom is -0.439 e. The number of nitrogens with zero attached hydrogens (tertiary/aromatic N) is 2. The first-order valence-corrected chi connectivity index (χ1v) is 5.09. The fourth-order valence-corrected chi connectivity index (χ4v) is 1.37. The van der Waals surface area contributed by atoms with E-state index in [-0.39, 0.29) is 0 Å². The van der Waals surface area contributed by atoms with Crippen LogP contribution in [-0.4, -0.2) is 4.98 Å². The quantitative estimate of drug-likeness (QED) is 0.797. The van der Waals surface area contributed by atoms with E-state index in [2.05, 4.69) is 4.98 Å². The van der Waals surface area contributed by atoms with Crippen molar-refractivity contribution in [1.29, 1.82) is 5.26 Å². The summed E-state index contributed by atoms with van der Waals surface area (Å²) in [6.45, 7) is 1.90. The monoisotopic (exact) mass is 225 g/mol. The number of benzene rings is 1. The first-order valence-electron chi connectivity index (χ1n) is 5.09. The molecule has 1 heterocycles. The van der Waals surface area contributed by atoms with Gasteiger partial charge in [0.05, 0.1) is 11.6 Å². The van der Waals surface area contributed by atoms with E-state index in [9.17, 15) is 0 Å². The third kappa shape index (κ3) is 2.52.